The van der Waals surface area contributed by atoms with Gasteiger partial charge in [-0.1, -0.05) is 30.8 Å². The van der Waals surface area contributed by atoms with Crippen LogP contribution in [0.3, 0.4) is 0 Å². The number of benzene rings is 3. The van der Waals surface area contributed by atoms with Crippen LogP contribution in [-0.2, 0) is 22.7 Å². The van der Waals surface area contributed by atoms with E-state index < -0.39 is 27.7 Å². The fraction of sp³-hybridized carbons (Fsp3) is 0.160. The number of hydrogen-bond donors (Lipinski definition) is 1. The average molecular weight is 505 g/mol. The fourth-order valence-electron chi connectivity index (χ4n) is 3.27. The van der Waals surface area contributed by atoms with Crippen LogP contribution in [0.5, 0.6) is 5.75 Å². The number of nitrogens with one attached hydrogen (secondary N) is 1. The Morgan fingerprint density at radius 2 is 1.69 bits per heavy atom. The Bertz CT molecular complexity index is 1340. The summed E-state index contributed by atoms with van der Waals surface area (Å²) >= 11 is 0. The van der Waals surface area contributed by atoms with E-state index in [9.17, 15) is 26.4 Å². The normalized spacial score (nSPS) is 11.6. The average Bonchev–Trinajstić information content (AvgIpc) is 2.82. The first-order valence-electron chi connectivity index (χ1n) is 10.3. The molecule has 0 bridgehead atoms. The van der Waals surface area contributed by atoms with E-state index >= 15 is 0 Å². The van der Waals surface area contributed by atoms with Crippen molar-refractivity contribution >= 4 is 21.6 Å². The number of methoxy groups -OCH3 is 1. The van der Waals surface area contributed by atoms with Crippen LogP contribution in [-0.4, -0.2) is 25.7 Å². The lowest BCUT2D eigenvalue weighted by Crippen LogP contribution is -2.29. The molecule has 1 amide bonds. The molecule has 3 rings (SSSR count). The molecule has 35 heavy (non-hydrogen) atoms. The van der Waals surface area contributed by atoms with Crippen molar-refractivity contribution in [3.8, 4) is 5.75 Å². The number of carbonyl (C=O) groups is 1. The van der Waals surface area contributed by atoms with Crippen LogP contribution in [0.2, 0.25) is 0 Å². The van der Waals surface area contributed by atoms with Crippen molar-refractivity contribution in [2.24, 2.45) is 0 Å². The molecule has 0 aliphatic rings. The van der Waals surface area contributed by atoms with Gasteiger partial charge in [0.15, 0.2) is 0 Å². The summed E-state index contributed by atoms with van der Waals surface area (Å²) in [6.45, 7) is 5.14. The Morgan fingerprint density at radius 1 is 1.03 bits per heavy atom. The van der Waals surface area contributed by atoms with Crippen molar-refractivity contribution < 1.29 is 31.1 Å². The second-order valence-corrected chi connectivity index (χ2v) is 9.47. The van der Waals surface area contributed by atoms with Crippen molar-refractivity contribution in [3.63, 3.8) is 0 Å². The molecule has 184 valence electrons. The van der Waals surface area contributed by atoms with E-state index in [0.29, 0.717) is 11.3 Å². The minimum atomic E-state index is -4.59. The van der Waals surface area contributed by atoms with Gasteiger partial charge in [-0.15, -0.1) is 0 Å². The lowest BCUT2D eigenvalue weighted by molar-refractivity contribution is -0.137. The Kier molecular flexibility index (Phi) is 7.54. The Balaban J connectivity index is 1.90. The van der Waals surface area contributed by atoms with Crippen LogP contribution in [0, 0.1) is 0 Å². The highest BCUT2D eigenvalue weighted by molar-refractivity contribution is 7.89. The van der Waals surface area contributed by atoms with E-state index in [1.165, 1.54) is 50.4 Å². The zero-order valence-electron chi connectivity index (χ0n) is 19.0. The minimum Gasteiger partial charge on any atom is -0.497 e. The van der Waals surface area contributed by atoms with Crippen LogP contribution in [0.1, 0.15) is 28.4 Å². The number of ether oxygens (including phenoxy) is 1. The predicted molar refractivity (Wildman–Crippen MR) is 126 cm³/mol. The molecular formula is C25H23F3N2O4S. The van der Waals surface area contributed by atoms with Gasteiger partial charge in [-0.2, -0.15) is 13.2 Å². The molecule has 0 aliphatic heterocycles. The molecule has 1 N–H and O–H groups in total. The number of anilines is 1. The van der Waals surface area contributed by atoms with Gasteiger partial charge in [0, 0.05) is 16.9 Å². The molecule has 0 spiro atoms. The Labute approximate surface area is 201 Å². The number of alkyl halides is 3. The lowest BCUT2D eigenvalue weighted by atomic mass is 10.1. The van der Waals surface area contributed by atoms with Gasteiger partial charge in [0.25, 0.3) is 15.9 Å². The van der Waals surface area contributed by atoms with Gasteiger partial charge in [0.05, 0.1) is 24.1 Å². The van der Waals surface area contributed by atoms with E-state index in [1.54, 1.807) is 18.2 Å². The maximum Gasteiger partial charge on any atom is 0.416 e. The number of para-hydroxylation sites is 1. The molecular weight excluding hydrogens is 481 g/mol. The summed E-state index contributed by atoms with van der Waals surface area (Å²) in [5.74, 6) is -0.267. The summed E-state index contributed by atoms with van der Waals surface area (Å²) in [5.41, 5.74) is -0.214. The van der Waals surface area contributed by atoms with E-state index in [1.807, 2.05) is 0 Å². The van der Waals surface area contributed by atoms with Crippen LogP contribution in [0.4, 0.5) is 18.9 Å². The van der Waals surface area contributed by atoms with Crippen LogP contribution in [0.25, 0.3) is 0 Å². The number of amides is 1. The molecule has 0 heterocycles. The summed E-state index contributed by atoms with van der Waals surface area (Å²) in [4.78, 5) is 12.7. The molecule has 0 aliphatic carbocycles. The standard InChI is InChI=1S/C25H23F3N2O4S/c1-17(2)30(35(32,33)22-13-11-21(34-3)12-14-22)16-19-7-4-5-10-23(19)29-24(31)18-8-6-9-20(15-18)25(26,27)28/h4-15H,1,16H2,2-3H3,(H,29,31). The number of rotatable bonds is 8. The molecule has 3 aromatic rings. The quantitative estimate of drug-likeness (QED) is 0.428. The van der Waals surface area contributed by atoms with Gasteiger partial charge >= 0.3 is 6.18 Å². The molecule has 0 atom stereocenters. The van der Waals surface area contributed by atoms with Gasteiger partial charge in [-0.25, -0.2) is 8.42 Å². The monoisotopic (exact) mass is 504 g/mol. The third-order valence-corrected chi connectivity index (χ3v) is 6.99. The number of sulfonamides is 1. The van der Waals surface area contributed by atoms with Gasteiger partial charge in [0.2, 0.25) is 0 Å². The summed E-state index contributed by atoms with van der Waals surface area (Å²) in [5, 5.41) is 2.58. The van der Waals surface area contributed by atoms with Crippen LogP contribution in [0.15, 0.2) is 90.0 Å². The second kappa shape index (κ2) is 10.2. The molecule has 0 aromatic heterocycles. The minimum absolute atomic E-state index is 0.0202. The number of carbonyl (C=O) groups excluding carboxylic acids is 1. The largest absolute Gasteiger partial charge is 0.497 e. The highest BCUT2D eigenvalue weighted by Crippen LogP contribution is 2.30. The zero-order chi connectivity index (χ0) is 25.8. The highest BCUT2D eigenvalue weighted by atomic mass is 32.2. The second-order valence-electron chi connectivity index (χ2n) is 7.61. The molecule has 0 unspecified atom stereocenters. The number of allylic oxidation sites excluding steroid dienone is 1. The van der Waals surface area contributed by atoms with Crippen LogP contribution >= 0.6 is 0 Å². The van der Waals surface area contributed by atoms with Gasteiger partial charge < -0.3 is 10.1 Å². The summed E-state index contributed by atoms with van der Waals surface area (Å²) in [6, 6.07) is 16.3. The SMILES string of the molecule is C=C(C)N(Cc1ccccc1NC(=O)c1cccc(C(F)(F)F)c1)S(=O)(=O)c1ccc(OC)cc1. The number of halogens is 3. The third kappa shape index (κ3) is 6.02. The van der Waals surface area contributed by atoms with Crippen molar-refractivity contribution in [1.29, 1.82) is 0 Å². The van der Waals surface area contributed by atoms with Crippen molar-refractivity contribution in [2.45, 2.75) is 24.5 Å². The smallest absolute Gasteiger partial charge is 0.416 e. The van der Waals surface area contributed by atoms with E-state index in [2.05, 4.69) is 11.9 Å². The topological polar surface area (TPSA) is 75.7 Å². The zero-order valence-corrected chi connectivity index (χ0v) is 19.8. The molecule has 0 saturated carbocycles. The third-order valence-electron chi connectivity index (χ3n) is 5.10. The maximum absolute atomic E-state index is 13.3. The highest BCUT2D eigenvalue weighted by Gasteiger charge is 2.31. The first-order valence-corrected chi connectivity index (χ1v) is 11.8. The molecule has 6 nitrogen and oxygen atoms in total. The molecule has 3 aromatic carbocycles. The Hall–Kier alpha value is -3.79. The summed E-state index contributed by atoms with van der Waals surface area (Å²) in [7, 11) is -2.54. The predicted octanol–water partition coefficient (Wildman–Crippen LogP) is 5.69. The molecule has 0 fully saturated rings. The van der Waals surface area contributed by atoms with E-state index in [4.69, 9.17) is 4.74 Å². The maximum atomic E-state index is 13.3. The lowest BCUT2D eigenvalue weighted by Gasteiger charge is -2.25. The van der Waals surface area contributed by atoms with Crippen molar-refractivity contribution in [1.82, 2.24) is 4.31 Å². The molecule has 0 saturated heterocycles. The van der Waals surface area contributed by atoms with Gasteiger partial charge in [-0.05, 0) is 61.0 Å². The number of hydrogen-bond acceptors (Lipinski definition) is 4. The first-order chi connectivity index (χ1) is 16.4. The molecule has 0 radical (unpaired) electrons. The van der Waals surface area contributed by atoms with Gasteiger partial charge in [0.1, 0.15) is 5.75 Å². The van der Waals surface area contributed by atoms with Gasteiger partial charge in [-0.3, -0.25) is 9.10 Å². The fourth-order valence-corrected chi connectivity index (χ4v) is 4.72. The molecule has 10 heteroatoms. The van der Waals surface area contributed by atoms with Crippen molar-refractivity contribution in [2.75, 3.05) is 12.4 Å². The van der Waals surface area contributed by atoms with Crippen LogP contribution < -0.4 is 10.1 Å². The van der Waals surface area contributed by atoms with Crippen molar-refractivity contribution in [3.05, 3.63) is 102 Å². The summed E-state index contributed by atoms with van der Waals surface area (Å²) in [6.07, 6.45) is -4.59. The number of nitrogens with zero attached hydrogens (tertiary/aromatic N) is 1. The van der Waals surface area contributed by atoms with E-state index in [0.717, 1.165) is 22.5 Å². The summed E-state index contributed by atoms with van der Waals surface area (Å²) < 4.78 is 71.8. The Morgan fingerprint density at radius 3 is 2.29 bits per heavy atom. The van der Waals surface area contributed by atoms with E-state index in [-0.39, 0.29) is 28.4 Å². The first kappa shape index (κ1) is 25.8.